The number of hydrogen-bond acceptors (Lipinski definition) is 12. The number of amides is 2. The van der Waals surface area contributed by atoms with E-state index in [1.165, 1.54) is 225 Å². The molecule has 0 fully saturated rings. The van der Waals surface area contributed by atoms with E-state index in [0.717, 1.165) is 57.8 Å². The van der Waals surface area contributed by atoms with Gasteiger partial charge >= 0.3 is 41.2 Å². The van der Waals surface area contributed by atoms with Crippen LogP contribution in [0.25, 0.3) is 0 Å². The second kappa shape index (κ2) is 70.2. The second-order valence-electron chi connectivity index (χ2n) is 24.1. The van der Waals surface area contributed by atoms with E-state index in [-0.39, 0.29) is 67.7 Å². The SMILES string of the molecule is CCCCCCCCCCCCCCCCCC(=O)N[C@@H](CCC(=O)O)C(=O)O.CCCCCCCCCCCCCCCCCC(=O)N[C@@H](CCC(=O)O)C(=O)O.CCCCCCCCCCCCCCCCCC([O-])=N[C@@H](CCC(=O)[O-])C(=O)[O-].[Al+3]. The molecule has 0 unspecified atom stereocenters. The first-order chi connectivity index (χ1) is 41.9. The van der Waals surface area contributed by atoms with Crippen LogP contribution >= 0.6 is 0 Å². The van der Waals surface area contributed by atoms with E-state index >= 15 is 0 Å². The second-order valence-corrected chi connectivity index (χ2v) is 24.1. The molecule has 0 aliphatic rings. The Kier molecular flexibility index (Phi) is 72.0. The number of unbranched alkanes of at least 4 members (excludes halogenated alkanes) is 42. The fourth-order valence-corrected chi connectivity index (χ4v) is 10.3. The van der Waals surface area contributed by atoms with Crippen LogP contribution in [0.2, 0.25) is 0 Å². The summed E-state index contributed by atoms with van der Waals surface area (Å²) in [5.41, 5.74) is 0. The summed E-state index contributed by atoms with van der Waals surface area (Å²) in [7, 11) is 0. The van der Waals surface area contributed by atoms with Crippen molar-refractivity contribution in [3.63, 3.8) is 0 Å². The molecule has 0 radical (unpaired) electrons. The summed E-state index contributed by atoms with van der Waals surface area (Å²) >= 11 is 0. The van der Waals surface area contributed by atoms with E-state index in [2.05, 4.69) is 36.4 Å². The number of nitrogens with zero attached hydrogens (tertiary/aromatic N) is 1. The van der Waals surface area contributed by atoms with Crippen LogP contribution in [0, 0.1) is 0 Å². The quantitative estimate of drug-likeness (QED) is 0.0143. The van der Waals surface area contributed by atoms with Gasteiger partial charge < -0.3 is 56.0 Å². The summed E-state index contributed by atoms with van der Waals surface area (Å²) in [6.45, 7) is 6.75. The summed E-state index contributed by atoms with van der Waals surface area (Å²) in [5, 5.41) is 73.1. The average Bonchev–Trinajstić information content (AvgIpc) is 3.62. The van der Waals surface area contributed by atoms with Gasteiger partial charge in [0.1, 0.15) is 12.1 Å². The minimum absolute atomic E-state index is 0. The summed E-state index contributed by atoms with van der Waals surface area (Å²) in [6, 6.07) is -3.62. The summed E-state index contributed by atoms with van der Waals surface area (Å²) in [4.78, 5) is 91.6. The Morgan fingerprint density at radius 1 is 0.318 bits per heavy atom. The zero-order chi connectivity index (χ0) is 65.2. The Labute approximate surface area is 543 Å². The van der Waals surface area contributed by atoms with Gasteiger partial charge in [0.05, 0.1) is 12.0 Å². The molecule has 510 valence electrons. The molecule has 0 aromatic carbocycles. The molecule has 2 amide bonds. The molecular weight excluding hydrogens is 1140 g/mol. The van der Waals surface area contributed by atoms with Gasteiger partial charge in [-0.1, -0.05) is 290 Å². The average molecular weight is 1260 g/mol. The van der Waals surface area contributed by atoms with Crippen LogP contribution < -0.4 is 26.0 Å². The standard InChI is InChI=1S/3C23H43NO5.Al/c3*1-2-3-4-5-6-7-8-9-10-11-12-13-14-15-16-17-21(25)24-20(23(28)29)18-19-22(26)27;/h3*20H,2-19H2,1H3,(H,24,25)(H,26,27)(H,28,29);/q;;;+3/p-3/t3*20-;/m000./s1. The number of carbonyl (C=O) groups excluding carboxylic acids is 4. The van der Waals surface area contributed by atoms with Crippen molar-refractivity contribution in [2.24, 2.45) is 4.99 Å². The molecule has 0 saturated heterocycles. The van der Waals surface area contributed by atoms with Crippen LogP contribution in [-0.4, -0.2) is 109 Å². The van der Waals surface area contributed by atoms with Gasteiger partial charge in [-0.05, 0) is 57.3 Å². The van der Waals surface area contributed by atoms with E-state index in [4.69, 9.17) is 20.4 Å². The maximum atomic E-state index is 11.8. The molecule has 6 N–H and O–H groups in total. The number of carboxylic acid groups (broad SMARTS) is 6. The van der Waals surface area contributed by atoms with Crippen LogP contribution in [0.15, 0.2) is 4.99 Å². The third kappa shape index (κ3) is 72.5. The minimum atomic E-state index is -1.52. The molecule has 0 heterocycles. The monoisotopic (exact) mass is 1260 g/mol. The predicted molar refractivity (Wildman–Crippen MR) is 348 cm³/mol. The van der Waals surface area contributed by atoms with Gasteiger partial charge in [0.15, 0.2) is 0 Å². The van der Waals surface area contributed by atoms with Gasteiger partial charge in [-0.25, -0.2) is 9.59 Å². The third-order valence-corrected chi connectivity index (χ3v) is 15.8. The van der Waals surface area contributed by atoms with Crippen molar-refractivity contribution in [2.45, 2.75) is 386 Å². The molecule has 0 saturated carbocycles. The van der Waals surface area contributed by atoms with Gasteiger partial charge in [-0.3, -0.25) is 24.2 Å². The maximum Gasteiger partial charge on any atom is 3.00 e. The Hall–Kier alpha value is -4.24. The molecule has 0 aromatic rings. The Balaban J connectivity index is -0.000000598. The minimum Gasteiger partial charge on any atom is -0.862 e. The van der Waals surface area contributed by atoms with Crippen molar-refractivity contribution in [2.75, 3.05) is 0 Å². The smallest absolute Gasteiger partial charge is 0.862 e. The van der Waals surface area contributed by atoms with Crippen molar-refractivity contribution in [3.05, 3.63) is 0 Å². The molecule has 0 spiro atoms. The maximum absolute atomic E-state index is 11.8. The first-order valence-electron chi connectivity index (χ1n) is 35.0. The van der Waals surface area contributed by atoms with Crippen LogP contribution in [0.1, 0.15) is 367 Å². The fourth-order valence-electron chi connectivity index (χ4n) is 10.3. The normalized spacial score (nSPS) is 12.1. The van der Waals surface area contributed by atoms with Gasteiger partial charge in [0.2, 0.25) is 11.8 Å². The third-order valence-electron chi connectivity index (χ3n) is 15.8. The van der Waals surface area contributed by atoms with Gasteiger partial charge in [-0.15, -0.1) is 0 Å². The largest absolute Gasteiger partial charge is 3.00 e. The van der Waals surface area contributed by atoms with Crippen LogP contribution in [0.4, 0.5) is 0 Å². The molecular formula is C69H126AlN3O15. The van der Waals surface area contributed by atoms with E-state index in [1.807, 2.05) is 0 Å². The van der Waals surface area contributed by atoms with E-state index in [0.29, 0.717) is 19.3 Å². The van der Waals surface area contributed by atoms with Gasteiger partial charge in [0, 0.05) is 31.7 Å². The van der Waals surface area contributed by atoms with E-state index < -0.39 is 66.3 Å². The van der Waals surface area contributed by atoms with Crippen molar-refractivity contribution in [1.82, 2.24) is 10.6 Å². The summed E-state index contributed by atoms with van der Waals surface area (Å²) in [5.74, 6) is -8.48. The summed E-state index contributed by atoms with van der Waals surface area (Å²) in [6.07, 6.45) is 55.6. The van der Waals surface area contributed by atoms with Crippen LogP contribution in [0.5, 0.6) is 0 Å². The molecule has 0 aromatic heterocycles. The molecule has 0 bridgehead atoms. The zero-order valence-electron chi connectivity index (χ0n) is 55.7. The molecule has 88 heavy (non-hydrogen) atoms. The molecule has 0 aliphatic heterocycles. The fraction of sp³-hybridized carbons (Fsp3) is 0.870. The Morgan fingerprint density at radius 3 is 0.750 bits per heavy atom. The van der Waals surface area contributed by atoms with E-state index in [1.54, 1.807) is 0 Å². The van der Waals surface area contributed by atoms with Crippen LogP contribution in [0.3, 0.4) is 0 Å². The van der Waals surface area contributed by atoms with Gasteiger partial charge in [-0.2, -0.15) is 0 Å². The van der Waals surface area contributed by atoms with Crippen molar-refractivity contribution in [1.29, 1.82) is 0 Å². The molecule has 0 aliphatic carbocycles. The number of carboxylic acids is 6. The van der Waals surface area contributed by atoms with Crippen molar-refractivity contribution in [3.8, 4) is 0 Å². The molecule has 0 rings (SSSR count). The Morgan fingerprint density at radius 2 is 0.545 bits per heavy atom. The van der Waals surface area contributed by atoms with Gasteiger partial charge in [0.25, 0.3) is 0 Å². The zero-order valence-corrected chi connectivity index (χ0v) is 56.9. The number of aliphatic imine (C=N–C) groups is 1. The number of hydrogen-bond donors (Lipinski definition) is 6. The number of aliphatic carboxylic acids is 6. The predicted octanol–water partition coefficient (Wildman–Crippen LogP) is 13.6. The molecule has 3 atom stereocenters. The molecule has 19 heteroatoms. The first kappa shape index (κ1) is 90.2. The Bertz CT molecular complexity index is 1640. The number of nitrogens with one attached hydrogen (secondary N) is 2. The topological polar surface area (TPSA) is 323 Å². The van der Waals surface area contributed by atoms with E-state index in [9.17, 15) is 53.7 Å². The summed E-state index contributed by atoms with van der Waals surface area (Å²) < 4.78 is 0. The first-order valence-corrected chi connectivity index (χ1v) is 35.0. The number of rotatable bonds is 63. The van der Waals surface area contributed by atoms with Crippen LogP contribution in [-0.2, 0) is 38.4 Å². The molecule has 18 nitrogen and oxygen atoms in total. The van der Waals surface area contributed by atoms with Crippen molar-refractivity contribution >= 4 is 70.9 Å². The number of carbonyl (C=O) groups is 8. The van der Waals surface area contributed by atoms with Crippen molar-refractivity contribution < 1.29 is 74.1 Å².